The van der Waals surface area contributed by atoms with Crippen molar-refractivity contribution in [2.45, 2.75) is 121 Å². The standard InChI is InChI=1S/C33H53F2N9O2/c1-5-27(45)41-12-13-42(19(4)16-41)31-22-14-24(35)29-28-23(34)9-7-11-26(28)43-17-20(39-40-43)15-36-25-10-6-8-21(18(2)3)30(25)44(32(22)37-29)33(46)38-31/h5,17-19,21-26,28-32,36-37,39-40H,1,6-16H2,2-4H3,(H,38,46)/t19-,21?,22?,23?,24?,25?,26?,28?,29?,30?,31?,32?/m0/s1. The highest BCUT2D eigenvalue weighted by atomic mass is 19.1. The molecule has 256 valence electrons. The van der Waals surface area contributed by atoms with Crippen molar-refractivity contribution >= 4 is 11.9 Å². The van der Waals surface area contributed by atoms with Gasteiger partial charge in [0, 0.05) is 62.3 Å². The highest BCUT2D eigenvalue weighted by Gasteiger charge is 2.58. The summed E-state index contributed by atoms with van der Waals surface area (Å²) in [5.41, 5.74) is 7.49. The molecule has 0 spiro atoms. The second kappa shape index (κ2) is 12.9. The van der Waals surface area contributed by atoms with Crippen molar-refractivity contribution in [2.75, 3.05) is 26.2 Å². The summed E-state index contributed by atoms with van der Waals surface area (Å²) in [6.07, 6.45) is 5.23. The fourth-order valence-electron chi connectivity index (χ4n) is 10.1. The average Bonchev–Trinajstić information content (AvgIpc) is 3.52. The lowest BCUT2D eigenvalue weighted by atomic mass is 9.71. The number of piperazine rings is 1. The monoisotopic (exact) mass is 645 g/mol. The van der Waals surface area contributed by atoms with Crippen molar-refractivity contribution in [3.63, 3.8) is 0 Å². The molecule has 12 atom stereocenters. The van der Waals surface area contributed by atoms with E-state index in [9.17, 15) is 9.59 Å². The van der Waals surface area contributed by atoms with Crippen LogP contribution in [-0.4, -0.2) is 113 Å². The molecule has 5 heterocycles. The van der Waals surface area contributed by atoms with Gasteiger partial charge in [-0.3, -0.25) is 20.0 Å². The van der Waals surface area contributed by atoms with Crippen LogP contribution in [0.4, 0.5) is 13.6 Å². The normalized spacial score (nSPS) is 43.2. The quantitative estimate of drug-likeness (QED) is 0.298. The number of rotatable bonds is 3. The van der Waals surface area contributed by atoms with Gasteiger partial charge in [0.15, 0.2) is 0 Å². The van der Waals surface area contributed by atoms with Gasteiger partial charge in [-0.15, -0.1) is 5.53 Å². The molecule has 0 aromatic heterocycles. The second-order valence-electron chi connectivity index (χ2n) is 15.1. The highest BCUT2D eigenvalue weighted by molar-refractivity contribution is 5.87. The first-order valence-corrected chi connectivity index (χ1v) is 17.7. The van der Waals surface area contributed by atoms with Crippen LogP contribution in [0.15, 0.2) is 24.6 Å². The maximum atomic E-state index is 16.8. The van der Waals surface area contributed by atoms with E-state index in [0.29, 0.717) is 38.5 Å². The van der Waals surface area contributed by atoms with Crippen LogP contribution < -0.4 is 26.9 Å². The van der Waals surface area contributed by atoms with Crippen LogP contribution in [0.1, 0.15) is 65.7 Å². The minimum Gasteiger partial charge on any atom is -0.336 e. The maximum Gasteiger partial charge on any atom is 0.320 e. The zero-order valence-corrected chi connectivity index (χ0v) is 27.5. The first-order valence-electron chi connectivity index (χ1n) is 17.7. The lowest BCUT2D eigenvalue weighted by molar-refractivity contribution is -0.132. The number of carbonyl (C=O) groups is 2. The third kappa shape index (κ3) is 5.58. The molecule has 0 aromatic carbocycles. The molecule has 5 fully saturated rings. The second-order valence-corrected chi connectivity index (χ2v) is 15.1. The zero-order valence-electron chi connectivity index (χ0n) is 27.5. The van der Waals surface area contributed by atoms with Crippen molar-refractivity contribution in [3.05, 3.63) is 24.6 Å². The number of amides is 3. The number of fused-ring (bicyclic) bond motifs is 7. The van der Waals surface area contributed by atoms with Gasteiger partial charge in [0.25, 0.3) is 0 Å². The van der Waals surface area contributed by atoms with Gasteiger partial charge in [-0.05, 0) is 63.4 Å². The summed E-state index contributed by atoms with van der Waals surface area (Å²) in [5, 5.41) is 12.8. The molecule has 11 nitrogen and oxygen atoms in total. The van der Waals surface area contributed by atoms with E-state index in [2.05, 4.69) is 59.2 Å². The molecule has 4 bridgehead atoms. The Kier molecular flexibility index (Phi) is 8.96. The molecule has 7 rings (SSSR count). The number of hydrogen-bond donors (Lipinski definition) is 5. The first-order chi connectivity index (χ1) is 22.2. The van der Waals surface area contributed by atoms with E-state index in [1.165, 1.54) is 6.08 Å². The predicted octanol–water partition coefficient (Wildman–Crippen LogP) is 2.17. The molecule has 11 unspecified atom stereocenters. The highest BCUT2D eigenvalue weighted by Crippen LogP contribution is 2.44. The fraction of sp³-hybridized carbons (Fsp3) is 0.818. The molecular formula is C33H53F2N9O2. The van der Waals surface area contributed by atoms with Crippen molar-refractivity contribution in [3.8, 4) is 0 Å². The van der Waals surface area contributed by atoms with Crippen LogP contribution in [0.25, 0.3) is 0 Å². The Balaban J connectivity index is 1.28. The van der Waals surface area contributed by atoms with Crippen LogP contribution in [0, 0.1) is 23.7 Å². The van der Waals surface area contributed by atoms with Gasteiger partial charge in [-0.25, -0.2) is 13.6 Å². The van der Waals surface area contributed by atoms with E-state index in [-0.39, 0.29) is 54.4 Å². The van der Waals surface area contributed by atoms with Crippen molar-refractivity contribution < 1.29 is 18.4 Å². The largest absolute Gasteiger partial charge is 0.336 e. The Hall–Kier alpha value is -2.48. The van der Waals surface area contributed by atoms with Gasteiger partial charge >= 0.3 is 6.03 Å². The molecule has 2 aliphatic carbocycles. The summed E-state index contributed by atoms with van der Waals surface area (Å²) in [6.45, 7) is 12.4. The van der Waals surface area contributed by atoms with Gasteiger partial charge in [-0.2, -0.15) is 0 Å². The summed E-state index contributed by atoms with van der Waals surface area (Å²) in [5.74, 6) is -0.340. The van der Waals surface area contributed by atoms with E-state index in [1.807, 2.05) is 16.1 Å². The molecule has 5 N–H and O–H groups in total. The number of carbonyl (C=O) groups excluding carboxylic acids is 2. The molecule has 7 aliphatic rings. The lowest BCUT2D eigenvalue weighted by Gasteiger charge is -2.60. The van der Waals surface area contributed by atoms with Crippen molar-refractivity contribution in [2.24, 2.45) is 23.7 Å². The van der Waals surface area contributed by atoms with Crippen LogP contribution in [-0.2, 0) is 4.79 Å². The summed E-state index contributed by atoms with van der Waals surface area (Å²) < 4.78 is 32.9. The van der Waals surface area contributed by atoms with Gasteiger partial charge in [-0.1, -0.05) is 26.8 Å². The third-order valence-corrected chi connectivity index (χ3v) is 12.3. The Labute approximate surface area is 271 Å². The maximum absolute atomic E-state index is 16.8. The number of piperidine rings is 1. The number of nitrogens with one attached hydrogen (secondary N) is 5. The van der Waals surface area contributed by atoms with E-state index in [4.69, 9.17) is 0 Å². The third-order valence-electron chi connectivity index (χ3n) is 12.3. The van der Waals surface area contributed by atoms with E-state index in [1.54, 1.807) is 4.90 Å². The summed E-state index contributed by atoms with van der Waals surface area (Å²) in [7, 11) is 0. The lowest BCUT2D eigenvalue weighted by Crippen LogP contribution is -2.80. The number of halogens is 2. The van der Waals surface area contributed by atoms with E-state index < -0.39 is 36.6 Å². The predicted molar refractivity (Wildman–Crippen MR) is 171 cm³/mol. The Morgan fingerprint density at radius 2 is 1.89 bits per heavy atom. The Morgan fingerprint density at radius 3 is 2.65 bits per heavy atom. The summed E-state index contributed by atoms with van der Waals surface area (Å²) >= 11 is 0. The Morgan fingerprint density at radius 1 is 1.09 bits per heavy atom. The van der Waals surface area contributed by atoms with E-state index in [0.717, 1.165) is 37.8 Å². The molecule has 13 heteroatoms. The van der Waals surface area contributed by atoms with Crippen molar-refractivity contribution in [1.29, 1.82) is 0 Å². The van der Waals surface area contributed by atoms with Gasteiger partial charge in [0.2, 0.25) is 5.91 Å². The number of urea groups is 1. The van der Waals surface area contributed by atoms with E-state index >= 15 is 8.78 Å². The van der Waals surface area contributed by atoms with Crippen molar-refractivity contribution in [1.82, 2.24) is 46.6 Å². The zero-order chi connectivity index (χ0) is 32.3. The molecule has 0 aromatic rings. The number of nitrogens with zero attached hydrogens (tertiary/aromatic N) is 4. The van der Waals surface area contributed by atoms with Gasteiger partial charge in [0.05, 0.1) is 30.1 Å². The topological polar surface area (TPSA) is 107 Å². The molecule has 5 aliphatic heterocycles. The number of hydrogen-bond acceptors (Lipinski definition) is 8. The minimum atomic E-state index is -1.28. The fourth-order valence-corrected chi connectivity index (χ4v) is 10.1. The SMILES string of the molecule is C=CC(=O)N1CCN(C2NC(=O)N3C4NC(C(F)CC42)C2C(F)CCCC2N2C=C(CNC4CCCC(C(C)C)C43)NN2)[C@@H](C)C1. The number of hydrazine groups is 2. The average molecular weight is 646 g/mol. The summed E-state index contributed by atoms with van der Waals surface area (Å²) in [6, 6.07) is -1.21. The molecule has 2 saturated carbocycles. The van der Waals surface area contributed by atoms with Crippen LogP contribution in [0.3, 0.4) is 0 Å². The smallest absolute Gasteiger partial charge is 0.320 e. The minimum absolute atomic E-state index is 0.0417. The first kappa shape index (κ1) is 32.1. The van der Waals surface area contributed by atoms with Gasteiger partial charge in [0.1, 0.15) is 12.3 Å². The van der Waals surface area contributed by atoms with Crippen LogP contribution >= 0.6 is 0 Å². The summed E-state index contributed by atoms with van der Waals surface area (Å²) in [4.78, 5) is 33.1. The Bertz CT molecular complexity index is 1210. The molecular weight excluding hydrogens is 592 g/mol. The van der Waals surface area contributed by atoms with Crippen LogP contribution in [0.5, 0.6) is 0 Å². The van der Waals surface area contributed by atoms with Crippen LogP contribution in [0.2, 0.25) is 0 Å². The van der Waals surface area contributed by atoms with Gasteiger partial charge < -0.3 is 25.9 Å². The molecule has 3 amide bonds. The molecule has 3 saturated heterocycles. The molecule has 0 radical (unpaired) electrons. The number of alkyl halides is 2. The molecule has 46 heavy (non-hydrogen) atoms.